The van der Waals surface area contributed by atoms with Gasteiger partial charge >= 0.3 is 6.61 Å². The van der Waals surface area contributed by atoms with Crippen molar-refractivity contribution < 1.29 is 37.2 Å². The van der Waals surface area contributed by atoms with E-state index in [0.717, 1.165) is 0 Å². The van der Waals surface area contributed by atoms with E-state index in [0.29, 0.717) is 12.3 Å². The normalized spacial score (nSPS) is 33.3. The fraction of sp³-hybridized carbons (Fsp3) is 0.650. The molecule has 172 valence electrons. The van der Waals surface area contributed by atoms with E-state index < -0.39 is 42.7 Å². The van der Waals surface area contributed by atoms with Gasteiger partial charge in [-0.15, -0.1) is 0 Å². The molecule has 3 aliphatic heterocycles. The van der Waals surface area contributed by atoms with Gasteiger partial charge in [0.15, 0.2) is 23.0 Å². The van der Waals surface area contributed by atoms with E-state index >= 15 is 0 Å². The number of hydrogen-bond donors (Lipinski definition) is 2. The van der Waals surface area contributed by atoms with E-state index in [-0.39, 0.29) is 17.0 Å². The maximum Gasteiger partial charge on any atom is 0.387 e. The molecule has 0 amide bonds. The number of alkyl halides is 2. The monoisotopic (exact) mass is 460 g/mol. The summed E-state index contributed by atoms with van der Waals surface area (Å²) < 4.78 is 59.6. The van der Waals surface area contributed by atoms with Crippen LogP contribution in [0.1, 0.15) is 27.7 Å². The van der Waals surface area contributed by atoms with Gasteiger partial charge in [0.25, 0.3) is 0 Å². The minimum atomic E-state index is -2.95. The van der Waals surface area contributed by atoms with Gasteiger partial charge in [-0.1, -0.05) is 12.1 Å². The number of thiocarbonyl (C=S) groups is 1. The predicted octanol–water partition coefficient (Wildman–Crippen LogP) is 2.97. The summed E-state index contributed by atoms with van der Waals surface area (Å²) in [5.41, 5.74) is 0.304. The molecule has 1 aromatic carbocycles. The number of para-hydroxylation sites is 2. The average molecular weight is 460 g/mol. The van der Waals surface area contributed by atoms with Crippen molar-refractivity contribution in [2.45, 2.75) is 76.5 Å². The Morgan fingerprint density at radius 3 is 2.52 bits per heavy atom. The Kier molecular flexibility index (Phi) is 6.10. The zero-order valence-electron chi connectivity index (χ0n) is 17.6. The molecule has 0 bridgehead atoms. The molecule has 3 aliphatic rings. The molecule has 3 fully saturated rings. The molecular formula is C20H26F2N2O6S. The van der Waals surface area contributed by atoms with Crippen LogP contribution in [-0.4, -0.2) is 60.5 Å². The Balaban J connectivity index is 1.49. The van der Waals surface area contributed by atoms with Gasteiger partial charge in [0.05, 0.1) is 18.3 Å². The minimum absolute atomic E-state index is 0.0189. The van der Waals surface area contributed by atoms with Crippen molar-refractivity contribution in [3.63, 3.8) is 0 Å². The zero-order valence-corrected chi connectivity index (χ0v) is 18.4. The number of anilines is 1. The first-order valence-electron chi connectivity index (χ1n) is 9.97. The Morgan fingerprint density at radius 1 is 1.10 bits per heavy atom. The van der Waals surface area contributed by atoms with Crippen LogP contribution in [0.15, 0.2) is 24.3 Å². The van der Waals surface area contributed by atoms with E-state index in [1.165, 1.54) is 6.07 Å². The van der Waals surface area contributed by atoms with Gasteiger partial charge in [0.1, 0.15) is 24.1 Å². The molecule has 1 aromatic rings. The lowest BCUT2D eigenvalue weighted by Gasteiger charge is -2.30. The molecule has 2 N–H and O–H groups in total. The Bertz CT molecular complexity index is 827. The van der Waals surface area contributed by atoms with Crippen LogP contribution in [-0.2, 0) is 23.7 Å². The first-order chi connectivity index (χ1) is 14.5. The van der Waals surface area contributed by atoms with E-state index in [2.05, 4.69) is 15.4 Å². The summed E-state index contributed by atoms with van der Waals surface area (Å²) in [6.07, 6.45) is -1.91. The topological polar surface area (TPSA) is 79.4 Å². The molecule has 0 radical (unpaired) electrons. The number of fused-ring (bicyclic) bond motifs is 1. The Morgan fingerprint density at radius 2 is 1.84 bits per heavy atom. The van der Waals surface area contributed by atoms with Gasteiger partial charge in [-0.2, -0.15) is 8.78 Å². The van der Waals surface area contributed by atoms with Gasteiger partial charge in [-0.25, -0.2) is 0 Å². The van der Waals surface area contributed by atoms with Crippen LogP contribution in [0.3, 0.4) is 0 Å². The molecule has 0 saturated carbocycles. The molecule has 4 rings (SSSR count). The maximum atomic E-state index is 12.7. The quantitative estimate of drug-likeness (QED) is 0.645. The van der Waals surface area contributed by atoms with Crippen molar-refractivity contribution >= 4 is 23.0 Å². The third kappa shape index (κ3) is 5.07. The highest BCUT2D eigenvalue weighted by atomic mass is 32.1. The number of rotatable bonds is 5. The van der Waals surface area contributed by atoms with Crippen LogP contribution in [0.25, 0.3) is 0 Å². The van der Waals surface area contributed by atoms with Crippen molar-refractivity contribution in [2.24, 2.45) is 0 Å². The summed E-state index contributed by atoms with van der Waals surface area (Å²) in [6.45, 7) is 4.64. The van der Waals surface area contributed by atoms with Crippen LogP contribution >= 0.6 is 12.2 Å². The van der Waals surface area contributed by atoms with Crippen molar-refractivity contribution in [3.05, 3.63) is 24.3 Å². The van der Waals surface area contributed by atoms with E-state index in [1.807, 2.05) is 13.8 Å². The van der Waals surface area contributed by atoms with Crippen LogP contribution < -0.4 is 15.4 Å². The second-order valence-electron chi connectivity index (χ2n) is 8.44. The second kappa shape index (κ2) is 8.38. The highest BCUT2D eigenvalue weighted by Gasteiger charge is 2.58. The van der Waals surface area contributed by atoms with Crippen molar-refractivity contribution in [1.29, 1.82) is 0 Å². The summed E-state index contributed by atoms with van der Waals surface area (Å²) >= 11 is 5.45. The summed E-state index contributed by atoms with van der Waals surface area (Å²) in [4.78, 5) is 0. The van der Waals surface area contributed by atoms with Crippen molar-refractivity contribution in [2.75, 3.05) is 11.9 Å². The molecule has 5 atom stereocenters. The predicted molar refractivity (Wildman–Crippen MR) is 110 cm³/mol. The number of nitrogens with one attached hydrogen (secondary N) is 2. The standard InChI is InChI=1S/C20H26F2N2O6S/c1-19(2)25-9-12(28-19)14-13(15-16(27-14)30-20(3,4)29-15)24-18(31)23-10-7-5-6-8-11(10)26-17(21)22/h5-8,12-17H,9H2,1-4H3,(H2,23,24,31)/t12-,13+,14-,15-,16-/m1/s1. The first kappa shape index (κ1) is 22.6. The number of ether oxygens (including phenoxy) is 6. The zero-order chi connectivity index (χ0) is 22.4. The van der Waals surface area contributed by atoms with Crippen LogP contribution in [0.2, 0.25) is 0 Å². The number of halogens is 2. The van der Waals surface area contributed by atoms with E-state index in [9.17, 15) is 8.78 Å². The molecule has 31 heavy (non-hydrogen) atoms. The lowest BCUT2D eigenvalue weighted by molar-refractivity contribution is -0.223. The fourth-order valence-electron chi connectivity index (χ4n) is 3.97. The van der Waals surface area contributed by atoms with Crippen molar-refractivity contribution in [1.82, 2.24) is 5.32 Å². The molecular weight excluding hydrogens is 434 g/mol. The first-order valence-corrected chi connectivity index (χ1v) is 10.4. The molecule has 0 spiro atoms. The summed E-state index contributed by atoms with van der Waals surface area (Å²) in [5.74, 6) is -1.57. The summed E-state index contributed by atoms with van der Waals surface area (Å²) in [7, 11) is 0. The SMILES string of the molecule is CC1(C)O[C@H]2O[C@H]([C@H]3COC(C)(C)O3)[C@H](NC(=S)Nc3ccccc3OC(F)F)[C@H]2O1. The van der Waals surface area contributed by atoms with Gasteiger partial charge in [-0.3, -0.25) is 0 Å². The van der Waals surface area contributed by atoms with Gasteiger partial charge in [-0.05, 0) is 52.0 Å². The Hall–Kier alpha value is -1.63. The molecule has 0 aliphatic carbocycles. The molecule has 3 heterocycles. The van der Waals surface area contributed by atoms with Gasteiger partial charge in [0.2, 0.25) is 0 Å². The number of hydrogen-bond acceptors (Lipinski definition) is 7. The van der Waals surface area contributed by atoms with Crippen LogP contribution in [0.5, 0.6) is 5.75 Å². The highest BCUT2D eigenvalue weighted by Crippen LogP contribution is 2.40. The summed E-state index contributed by atoms with van der Waals surface area (Å²) in [6, 6.07) is 5.86. The lowest BCUT2D eigenvalue weighted by Crippen LogP contribution is -2.53. The molecule has 8 nitrogen and oxygen atoms in total. The van der Waals surface area contributed by atoms with E-state index in [1.54, 1.807) is 32.0 Å². The largest absolute Gasteiger partial charge is 0.433 e. The molecule has 3 saturated heterocycles. The van der Waals surface area contributed by atoms with E-state index in [4.69, 9.17) is 35.9 Å². The van der Waals surface area contributed by atoms with Gasteiger partial charge in [0, 0.05) is 0 Å². The van der Waals surface area contributed by atoms with Crippen LogP contribution in [0, 0.1) is 0 Å². The second-order valence-corrected chi connectivity index (χ2v) is 8.84. The number of benzene rings is 1. The fourth-order valence-corrected chi connectivity index (χ4v) is 4.22. The molecule has 11 heteroatoms. The summed E-state index contributed by atoms with van der Waals surface area (Å²) in [5, 5.41) is 6.28. The third-order valence-electron chi connectivity index (χ3n) is 5.13. The van der Waals surface area contributed by atoms with Crippen molar-refractivity contribution in [3.8, 4) is 5.75 Å². The minimum Gasteiger partial charge on any atom is -0.433 e. The third-order valence-corrected chi connectivity index (χ3v) is 5.35. The smallest absolute Gasteiger partial charge is 0.387 e. The molecule has 0 aromatic heterocycles. The lowest BCUT2D eigenvalue weighted by atomic mass is 10.0. The van der Waals surface area contributed by atoms with Gasteiger partial charge < -0.3 is 39.1 Å². The van der Waals surface area contributed by atoms with Crippen LogP contribution in [0.4, 0.5) is 14.5 Å². The average Bonchev–Trinajstić information content (AvgIpc) is 3.26. The Labute approximate surface area is 184 Å². The molecule has 0 unspecified atom stereocenters. The maximum absolute atomic E-state index is 12.7. The highest BCUT2D eigenvalue weighted by molar-refractivity contribution is 7.80.